The van der Waals surface area contributed by atoms with Crippen molar-refractivity contribution in [3.05, 3.63) is 47.0 Å². The van der Waals surface area contributed by atoms with Gasteiger partial charge in [-0.25, -0.2) is 9.98 Å². The molecule has 1 N–H and O–H groups in total. The Morgan fingerprint density at radius 2 is 2.03 bits per heavy atom. The number of aromatic nitrogens is 3. The van der Waals surface area contributed by atoms with Gasteiger partial charge < -0.3 is 19.1 Å². The SMILES string of the molecule is C=C(N=C(/C=C(\C)C1CC1)N(C)C)c1c(C)[nH]c2cc(-c3c(C)noc3C)c(OC)nc12. The van der Waals surface area contributed by atoms with Crippen LogP contribution in [0, 0.1) is 26.7 Å². The molecule has 0 atom stereocenters. The number of aryl methyl sites for hydroxylation is 3. The van der Waals surface area contributed by atoms with Crippen molar-refractivity contribution >= 4 is 22.6 Å². The van der Waals surface area contributed by atoms with Crippen molar-refractivity contribution in [2.75, 3.05) is 21.2 Å². The number of pyridine rings is 1. The fourth-order valence-corrected chi connectivity index (χ4v) is 4.10. The van der Waals surface area contributed by atoms with Crippen molar-refractivity contribution < 1.29 is 9.26 Å². The number of H-pyrrole nitrogens is 1. The molecular formula is C25H31N5O2. The second-order valence-electron chi connectivity index (χ2n) is 8.74. The summed E-state index contributed by atoms with van der Waals surface area (Å²) in [5.41, 5.74) is 8.09. The summed E-state index contributed by atoms with van der Waals surface area (Å²) in [5, 5.41) is 4.08. The predicted molar refractivity (Wildman–Crippen MR) is 129 cm³/mol. The quantitative estimate of drug-likeness (QED) is 0.414. The molecule has 1 aliphatic rings. The van der Waals surface area contributed by atoms with Gasteiger partial charge in [0.2, 0.25) is 5.88 Å². The maximum Gasteiger partial charge on any atom is 0.221 e. The Kier molecular flexibility index (Phi) is 5.67. The van der Waals surface area contributed by atoms with Crippen molar-refractivity contribution in [2.24, 2.45) is 10.9 Å². The first-order chi connectivity index (χ1) is 15.2. The summed E-state index contributed by atoms with van der Waals surface area (Å²) in [6, 6.07) is 2.03. The minimum absolute atomic E-state index is 0.515. The fraction of sp³-hybridized carbons (Fsp3) is 0.400. The van der Waals surface area contributed by atoms with E-state index < -0.39 is 0 Å². The molecule has 0 aliphatic heterocycles. The van der Waals surface area contributed by atoms with E-state index in [9.17, 15) is 0 Å². The molecule has 7 heteroatoms. The summed E-state index contributed by atoms with van der Waals surface area (Å²) in [5.74, 6) is 2.82. The number of methoxy groups -OCH3 is 1. The summed E-state index contributed by atoms with van der Waals surface area (Å²) in [4.78, 5) is 15.2. The van der Waals surface area contributed by atoms with Gasteiger partial charge in [-0.15, -0.1) is 0 Å². The van der Waals surface area contributed by atoms with Crippen LogP contribution < -0.4 is 4.74 Å². The van der Waals surface area contributed by atoms with Crippen LogP contribution in [0.2, 0.25) is 0 Å². The van der Waals surface area contributed by atoms with Gasteiger partial charge in [-0.2, -0.15) is 0 Å². The normalized spacial score (nSPS) is 14.8. The molecule has 0 aromatic carbocycles. The van der Waals surface area contributed by atoms with Gasteiger partial charge in [0.1, 0.15) is 17.1 Å². The maximum atomic E-state index is 5.66. The zero-order valence-electron chi connectivity index (χ0n) is 20.0. The minimum Gasteiger partial charge on any atom is -0.481 e. The summed E-state index contributed by atoms with van der Waals surface area (Å²) < 4.78 is 11.0. The zero-order chi connectivity index (χ0) is 23.2. The minimum atomic E-state index is 0.515. The first-order valence-corrected chi connectivity index (χ1v) is 10.8. The van der Waals surface area contributed by atoms with E-state index in [1.54, 1.807) is 7.11 Å². The molecular weight excluding hydrogens is 402 g/mol. The number of nitrogens with one attached hydrogen (secondary N) is 1. The van der Waals surface area contributed by atoms with E-state index in [1.807, 2.05) is 45.8 Å². The Hall–Kier alpha value is -3.35. The number of aliphatic imine (C=N–C) groups is 1. The van der Waals surface area contributed by atoms with Crippen LogP contribution in [0.3, 0.4) is 0 Å². The van der Waals surface area contributed by atoms with Crippen molar-refractivity contribution in [3.63, 3.8) is 0 Å². The average Bonchev–Trinajstić information content (AvgIpc) is 3.47. The number of hydrogen-bond donors (Lipinski definition) is 1. The van der Waals surface area contributed by atoms with Crippen LogP contribution in [-0.2, 0) is 0 Å². The zero-order valence-corrected chi connectivity index (χ0v) is 20.0. The Morgan fingerprint density at radius 1 is 1.31 bits per heavy atom. The van der Waals surface area contributed by atoms with Crippen LogP contribution in [0.1, 0.15) is 42.5 Å². The molecule has 7 nitrogen and oxygen atoms in total. The van der Waals surface area contributed by atoms with Crippen LogP contribution >= 0.6 is 0 Å². The average molecular weight is 434 g/mol. The first-order valence-electron chi connectivity index (χ1n) is 10.8. The number of ether oxygens (including phenoxy) is 1. The lowest BCUT2D eigenvalue weighted by Gasteiger charge is -2.14. The monoisotopic (exact) mass is 433 g/mol. The third-order valence-electron chi connectivity index (χ3n) is 5.99. The van der Waals surface area contributed by atoms with Crippen molar-refractivity contribution in [1.29, 1.82) is 0 Å². The topological polar surface area (TPSA) is 79.5 Å². The summed E-state index contributed by atoms with van der Waals surface area (Å²) >= 11 is 0. The number of hydrogen-bond acceptors (Lipinski definition) is 5. The van der Waals surface area contributed by atoms with E-state index in [0.29, 0.717) is 17.5 Å². The number of rotatable bonds is 6. The Labute approximate surface area is 188 Å². The molecule has 0 unspecified atom stereocenters. The van der Waals surface area contributed by atoms with Gasteiger partial charge in [0.05, 0.1) is 35.1 Å². The van der Waals surface area contributed by atoms with Crippen molar-refractivity contribution in [3.8, 4) is 17.0 Å². The molecule has 0 spiro atoms. The van der Waals surface area contributed by atoms with E-state index in [-0.39, 0.29) is 0 Å². The first kappa shape index (κ1) is 21.9. The predicted octanol–water partition coefficient (Wildman–Crippen LogP) is 5.44. The molecule has 168 valence electrons. The molecule has 1 fully saturated rings. The summed E-state index contributed by atoms with van der Waals surface area (Å²) in [6.45, 7) is 12.3. The van der Waals surface area contributed by atoms with E-state index in [1.165, 1.54) is 18.4 Å². The number of amidine groups is 1. The molecule has 3 heterocycles. The molecule has 3 aromatic heterocycles. The van der Waals surface area contributed by atoms with Gasteiger partial charge in [-0.05, 0) is 58.6 Å². The molecule has 32 heavy (non-hydrogen) atoms. The number of fused-ring (bicyclic) bond motifs is 1. The lowest BCUT2D eigenvalue weighted by atomic mass is 10.0. The van der Waals surface area contributed by atoms with Gasteiger partial charge in [0.25, 0.3) is 0 Å². The highest BCUT2D eigenvalue weighted by molar-refractivity contribution is 6.00. The third kappa shape index (κ3) is 3.95. The molecule has 0 amide bonds. The highest BCUT2D eigenvalue weighted by atomic mass is 16.5. The Balaban J connectivity index is 1.82. The van der Waals surface area contributed by atoms with Crippen LogP contribution in [0.15, 0.2) is 33.8 Å². The van der Waals surface area contributed by atoms with Gasteiger partial charge in [-0.1, -0.05) is 17.3 Å². The van der Waals surface area contributed by atoms with E-state index in [0.717, 1.165) is 50.7 Å². The van der Waals surface area contributed by atoms with Crippen molar-refractivity contribution in [1.82, 2.24) is 20.0 Å². The summed E-state index contributed by atoms with van der Waals surface area (Å²) in [7, 11) is 5.63. The molecule has 0 saturated heterocycles. The number of likely N-dealkylation sites (N-methyl/N-ethyl adjacent to an activating group) is 1. The second kappa shape index (κ2) is 8.30. The maximum absolute atomic E-state index is 5.66. The number of aromatic amines is 1. The smallest absolute Gasteiger partial charge is 0.221 e. The molecule has 0 bridgehead atoms. The fourth-order valence-electron chi connectivity index (χ4n) is 4.10. The van der Waals surface area contributed by atoms with Gasteiger partial charge in [0, 0.05) is 25.4 Å². The third-order valence-corrected chi connectivity index (χ3v) is 5.99. The summed E-state index contributed by atoms with van der Waals surface area (Å²) in [6.07, 6.45) is 4.70. The Morgan fingerprint density at radius 3 is 2.59 bits per heavy atom. The van der Waals surface area contributed by atoms with Gasteiger partial charge in [0.15, 0.2) is 0 Å². The molecule has 3 aromatic rings. The van der Waals surface area contributed by atoms with Crippen molar-refractivity contribution in [2.45, 2.75) is 40.5 Å². The van der Waals surface area contributed by atoms with Gasteiger partial charge >= 0.3 is 0 Å². The Bertz CT molecular complexity index is 1240. The lowest BCUT2D eigenvalue weighted by molar-refractivity contribution is 0.392. The van der Waals surface area contributed by atoms with E-state index in [2.05, 4.69) is 29.7 Å². The molecule has 4 rings (SSSR count). The highest BCUT2D eigenvalue weighted by Gasteiger charge is 2.24. The highest BCUT2D eigenvalue weighted by Crippen LogP contribution is 2.38. The van der Waals surface area contributed by atoms with E-state index >= 15 is 0 Å². The van der Waals surface area contributed by atoms with Gasteiger partial charge in [-0.3, -0.25) is 0 Å². The lowest BCUT2D eigenvalue weighted by Crippen LogP contribution is -2.20. The number of allylic oxidation sites excluding steroid dienone is 1. The molecule has 1 saturated carbocycles. The standard InChI is InChI=1S/C25H31N5O2/c1-13(18-9-10-18)11-21(30(6)7)27-15(3)22-14(2)26-20-12-19(25(31-8)28-24(20)22)23-16(4)29-32-17(23)5/h11-12,18,26H,3,9-10H2,1-2,4-8H3/b13-11+,27-21?. The number of nitrogens with zero attached hydrogens (tertiary/aromatic N) is 4. The van der Waals surface area contributed by atoms with Crippen LogP contribution in [0.5, 0.6) is 5.88 Å². The van der Waals surface area contributed by atoms with Crippen LogP contribution in [0.25, 0.3) is 27.9 Å². The second-order valence-corrected chi connectivity index (χ2v) is 8.74. The largest absolute Gasteiger partial charge is 0.481 e. The van der Waals surface area contributed by atoms with E-state index in [4.69, 9.17) is 19.2 Å². The molecule has 0 radical (unpaired) electrons. The van der Waals surface area contributed by atoms with Crippen LogP contribution in [-0.4, -0.2) is 47.1 Å². The molecule has 1 aliphatic carbocycles. The van der Waals surface area contributed by atoms with Crippen LogP contribution in [0.4, 0.5) is 0 Å².